The third-order valence-corrected chi connectivity index (χ3v) is 5.18. The number of aromatic nitrogens is 1. The number of alkyl halides is 2. The SMILES string of the molecule is CN=C(NCc1coc(-c2ccccc2)n1)NC1CCN(c2ccccc2OC(F)F)C1.I. The van der Waals surface area contributed by atoms with Gasteiger partial charge in [0.15, 0.2) is 5.96 Å². The van der Waals surface area contributed by atoms with Gasteiger partial charge in [0.2, 0.25) is 5.89 Å². The molecular formula is C23H26F2IN5O2. The van der Waals surface area contributed by atoms with Gasteiger partial charge in [-0.2, -0.15) is 8.78 Å². The lowest BCUT2D eigenvalue weighted by atomic mass is 10.2. The summed E-state index contributed by atoms with van der Waals surface area (Å²) in [6.45, 7) is -1.03. The van der Waals surface area contributed by atoms with Crippen LogP contribution in [-0.2, 0) is 6.54 Å². The Kier molecular flexibility index (Phi) is 8.87. The van der Waals surface area contributed by atoms with Crippen LogP contribution in [-0.4, -0.2) is 43.7 Å². The minimum absolute atomic E-state index is 0. The predicted molar refractivity (Wildman–Crippen MR) is 134 cm³/mol. The van der Waals surface area contributed by atoms with Gasteiger partial charge in [-0.15, -0.1) is 24.0 Å². The third kappa shape index (κ3) is 6.56. The zero-order chi connectivity index (χ0) is 22.3. The minimum atomic E-state index is -2.85. The number of anilines is 1. The van der Waals surface area contributed by atoms with E-state index in [0.29, 0.717) is 30.6 Å². The number of nitrogens with zero attached hydrogens (tertiary/aromatic N) is 3. The molecule has 0 amide bonds. The highest BCUT2D eigenvalue weighted by Gasteiger charge is 2.26. The van der Waals surface area contributed by atoms with E-state index in [1.807, 2.05) is 41.3 Å². The standard InChI is InChI=1S/C23H25F2N5O2.HI/c1-26-23(27-13-18-15-31-21(28-18)16-7-3-2-4-8-16)29-17-11-12-30(14-17)19-9-5-6-10-20(19)32-22(24)25;/h2-10,15,17,22H,11-14H2,1H3,(H2,26,27,29);1H. The van der Waals surface area contributed by atoms with Crippen LogP contribution in [0.2, 0.25) is 0 Å². The Hall–Kier alpha value is -2.89. The van der Waals surface area contributed by atoms with Crippen molar-refractivity contribution in [3.05, 3.63) is 66.6 Å². The quantitative estimate of drug-likeness (QED) is 0.248. The van der Waals surface area contributed by atoms with Gasteiger partial charge in [0.1, 0.15) is 12.0 Å². The molecule has 0 spiro atoms. The second kappa shape index (κ2) is 11.8. The highest BCUT2D eigenvalue weighted by molar-refractivity contribution is 14.0. The molecule has 0 saturated carbocycles. The maximum Gasteiger partial charge on any atom is 0.387 e. The monoisotopic (exact) mass is 569 g/mol. The van der Waals surface area contributed by atoms with Crippen LogP contribution in [0.4, 0.5) is 14.5 Å². The average Bonchev–Trinajstić information content (AvgIpc) is 3.47. The van der Waals surface area contributed by atoms with Crippen molar-refractivity contribution in [3.63, 3.8) is 0 Å². The predicted octanol–water partition coefficient (Wildman–Crippen LogP) is 4.50. The lowest BCUT2D eigenvalue weighted by molar-refractivity contribution is -0.0495. The van der Waals surface area contributed by atoms with E-state index in [2.05, 4.69) is 25.3 Å². The second-order valence-corrected chi connectivity index (χ2v) is 7.36. The number of aliphatic imine (C=N–C) groups is 1. The smallest absolute Gasteiger partial charge is 0.387 e. The highest BCUT2D eigenvalue weighted by atomic mass is 127. The molecule has 1 fully saturated rings. The Morgan fingerprint density at radius 2 is 1.97 bits per heavy atom. The number of benzene rings is 2. The van der Waals surface area contributed by atoms with E-state index in [4.69, 9.17) is 4.42 Å². The van der Waals surface area contributed by atoms with Crippen LogP contribution in [0.5, 0.6) is 5.75 Å². The van der Waals surface area contributed by atoms with E-state index in [1.165, 1.54) is 0 Å². The fourth-order valence-electron chi connectivity index (χ4n) is 3.67. The van der Waals surface area contributed by atoms with E-state index in [1.54, 1.807) is 31.5 Å². The second-order valence-electron chi connectivity index (χ2n) is 7.36. The fraction of sp³-hybridized carbons (Fsp3) is 0.304. The average molecular weight is 569 g/mol. The lowest BCUT2D eigenvalue weighted by Gasteiger charge is -2.22. The zero-order valence-corrected chi connectivity index (χ0v) is 20.4. The molecule has 1 atom stereocenters. The van der Waals surface area contributed by atoms with Crippen molar-refractivity contribution in [2.45, 2.75) is 25.6 Å². The van der Waals surface area contributed by atoms with Crippen LogP contribution >= 0.6 is 24.0 Å². The van der Waals surface area contributed by atoms with Crippen LogP contribution in [0.1, 0.15) is 12.1 Å². The Balaban J connectivity index is 0.00000306. The van der Waals surface area contributed by atoms with Crippen molar-refractivity contribution < 1.29 is 17.9 Å². The molecule has 3 aromatic rings. The molecule has 7 nitrogen and oxygen atoms in total. The Bertz CT molecular complexity index is 1050. The first-order chi connectivity index (χ1) is 15.6. The summed E-state index contributed by atoms with van der Waals surface area (Å²) in [5, 5.41) is 6.63. The van der Waals surface area contributed by atoms with Crippen LogP contribution in [0, 0.1) is 0 Å². The summed E-state index contributed by atoms with van der Waals surface area (Å²) in [5.74, 6) is 1.39. The van der Waals surface area contributed by atoms with Crippen LogP contribution in [0.3, 0.4) is 0 Å². The largest absolute Gasteiger partial charge is 0.444 e. The Morgan fingerprint density at radius 1 is 1.21 bits per heavy atom. The molecule has 0 aliphatic carbocycles. The lowest BCUT2D eigenvalue weighted by Crippen LogP contribution is -2.44. The zero-order valence-electron chi connectivity index (χ0n) is 18.1. The summed E-state index contributed by atoms with van der Waals surface area (Å²) in [6, 6.07) is 16.7. The van der Waals surface area contributed by atoms with Crippen molar-refractivity contribution in [1.82, 2.24) is 15.6 Å². The van der Waals surface area contributed by atoms with Crippen LogP contribution in [0.15, 0.2) is 70.3 Å². The normalized spacial score (nSPS) is 15.9. The highest BCUT2D eigenvalue weighted by Crippen LogP contribution is 2.31. The summed E-state index contributed by atoms with van der Waals surface area (Å²) >= 11 is 0. The topological polar surface area (TPSA) is 74.9 Å². The number of halogens is 3. The minimum Gasteiger partial charge on any atom is -0.444 e. The molecule has 2 heterocycles. The molecule has 1 aromatic heterocycles. The van der Waals surface area contributed by atoms with Gasteiger partial charge in [0.05, 0.1) is 17.9 Å². The molecule has 2 aromatic carbocycles. The maximum atomic E-state index is 12.7. The van der Waals surface area contributed by atoms with Crippen LogP contribution in [0.25, 0.3) is 11.5 Å². The van der Waals surface area contributed by atoms with Gasteiger partial charge in [0, 0.05) is 31.7 Å². The summed E-state index contributed by atoms with van der Waals surface area (Å²) < 4.78 is 35.7. The van der Waals surface area contributed by atoms with Crippen LogP contribution < -0.4 is 20.3 Å². The molecule has 176 valence electrons. The summed E-state index contributed by atoms with van der Waals surface area (Å²) in [6.07, 6.45) is 2.46. The fourth-order valence-corrected chi connectivity index (χ4v) is 3.67. The van der Waals surface area contributed by atoms with Crippen molar-refractivity contribution in [2.75, 3.05) is 25.0 Å². The summed E-state index contributed by atoms with van der Waals surface area (Å²) in [7, 11) is 1.70. The van der Waals surface area contributed by atoms with Crippen molar-refractivity contribution in [3.8, 4) is 17.2 Å². The van der Waals surface area contributed by atoms with Crippen molar-refractivity contribution in [1.29, 1.82) is 0 Å². The van der Waals surface area contributed by atoms with Gasteiger partial charge in [-0.3, -0.25) is 4.99 Å². The van der Waals surface area contributed by atoms with E-state index < -0.39 is 6.61 Å². The van der Waals surface area contributed by atoms with Gasteiger partial charge in [-0.05, 0) is 30.7 Å². The molecule has 4 rings (SSSR count). The number of hydrogen-bond acceptors (Lipinski definition) is 5. The van der Waals surface area contributed by atoms with Gasteiger partial charge < -0.3 is 24.7 Å². The van der Waals surface area contributed by atoms with Crippen molar-refractivity contribution >= 4 is 35.6 Å². The molecule has 33 heavy (non-hydrogen) atoms. The molecule has 1 aliphatic heterocycles. The summed E-state index contributed by atoms with van der Waals surface area (Å²) in [4.78, 5) is 10.8. The number of nitrogens with one attached hydrogen (secondary N) is 2. The van der Waals surface area contributed by atoms with Gasteiger partial charge in [0.25, 0.3) is 0 Å². The number of guanidine groups is 1. The molecule has 1 unspecified atom stereocenters. The number of rotatable bonds is 7. The van der Waals surface area contributed by atoms with E-state index in [-0.39, 0.29) is 35.8 Å². The molecule has 1 saturated heterocycles. The van der Waals surface area contributed by atoms with Gasteiger partial charge >= 0.3 is 6.61 Å². The first kappa shape index (κ1) is 24.7. The molecular weight excluding hydrogens is 543 g/mol. The molecule has 1 aliphatic rings. The van der Waals surface area contributed by atoms with E-state index in [9.17, 15) is 8.78 Å². The molecule has 0 bridgehead atoms. The number of para-hydroxylation sites is 2. The van der Waals surface area contributed by atoms with Gasteiger partial charge in [-0.1, -0.05) is 30.3 Å². The Labute approximate surface area is 208 Å². The number of oxazole rings is 1. The number of hydrogen-bond donors (Lipinski definition) is 2. The molecule has 10 heteroatoms. The first-order valence-electron chi connectivity index (χ1n) is 10.4. The van der Waals surface area contributed by atoms with Gasteiger partial charge in [-0.25, -0.2) is 4.98 Å². The third-order valence-electron chi connectivity index (χ3n) is 5.18. The first-order valence-corrected chi connectivity index (χ1v) is 10.4. The van der Waals surface area contributed by atoms with E-state index >= 15 is 0 Å². The van der Waals surface area contributed by atoms with Crippen molar-refractivity contribution in [2.24, 2.45) is 4.99 Å². The maximum absolute atomic E-state index is 12.7. The van der Waals surface area contributed by atoms with E-state index in [0.717, 1.165) is 24.2 Å². The summed E-state index contributed by atoms with van der Waals surface area (Å²) in [5.41, 5.74) is 2.34. The number of ether oxygens (including phenoxy) is 1. The molecule has 2 N–H and O–H groups in total. The Morgan fingerprint density at radius 3 is 2.73 bits per heavy atom. The molecule has 0 radical (unpaired) electrons.